The molecule has 0 aliphatic rings. The number of anilines is 1. The van der Waals surface area contributed by atoms with E-state index in [0.717, 1.165) is 6.20 Å². The van der Waals surface area contributed by atoms with Gasteiger partial charge in [0, 0.05) is 17.9 Å². The highest BCUT2D eigenvalue weighted by Gasteiger charge is 2.14. The average Bonchev–Trinajstić information content (AvgIpc) is 2.29. The number of aromatic nitrogens is 1. The Bertz CT molecular complexity index is 512. The molecule has 1 unspecified atom stereocenters. The van der Waals surface area contributed by atoms with E-state index < -0.39 is 14.8 Å². The van der Waals surface area contributed by atoms with E-state index in [0.29, 0.717) is 5.82 Å². The first-order valence-corrected chi connectivity index (χ1v) is 7.23. The van der Waals surface area contributed by atoms with E-state index in [-0.39, 0.29) is 23.2 Å². The number of nitro groups is 1. The third kappa shape index (κ3) is 4.28. The van der Waals surface area contributed by atoms with Gasteiger partial charge in [-0.05, 0) is 13.0 Å². The monoisotopic (exact) mass is 273 g/mol. The van der Waals surface area contributed by atoms with Gasteiger partial charge < -0.3 is 5.32 Å². The lowest BCUT2D eigenvalue weighted by Gasteiger charge is -2.13. The Morgan fingerprint density at radius 2 is 2.17 bits per heavy atom. The Morgan fingerprint density at radius 3 is 2.61 bits per heavy atom. The zero-order chi connectivity index (χ0) is 13.8. The quantitative estimate of drug-likeness (QED) is 0.617. The average molecular weight is 273 g/mol. The van der Waals surface area contributed by atoms with Gasteiger partial charge in [0.05, 0.1) is 10.7 Å². The number of hydrogen-bond donors (Lipinski definition) is 1. The van der Waals surface area contributed by atoms with Crippen molar-refractivity contribution in [3.63, 3.8) is 0 Å². The van der Waals surface area contributed by atoms with Gasteiger partial charge in [-0.2, -0.15) is 0 Å². The van der Waals surface area contributed by atoms with Crippen molar-refractivity contribution in [1.29, 1.82) is 0 Å². The van der Waals surface area contributed by atoms with Crippen LogP contribution >= 0.6 is 0 Å². The van der Waals surface area contributed by atoms with Gasteiger partial charge in [-0.25, -0.2) is 13.4 Å². The molecule has 1 atom stereocenters. The molecule has 7 nitrogen and oxygen atoms in total. The molecule has 0 aliphatic carbocycles. The van der Waals surface area contributed by atoms with Crippen molar-refractivity contribution < 1.29 is 13.3 Å². The molecule has 0 saturated carbocycles. The lowest BCUT2D eigenvalue weighted by atomic mass is 10.3. The molecular formula is C10H15N3O4S. The minimum atomic E-state index is -3.06. The second-order valence-electron chi connectivity index (χ2n) is 3.90. The lowest BCUT2D eigenvalue weighted by molar-refractivity contribution is -0.385. The summed E-state index contributed by atoms with van der Waals surface area (Å²) in [5.74, 6) is 0.508. The van der Waals surface area contributed by atoms with Crippen molar-refractivity contribution >= 4 is 21.3 Å². The minimum Gasteiger partial charge on any atom is -0.367 e. The van der Waals surface area contributed by atoms with Crippen LogP contribution in [-0.2, 0) is 9.84 Å². The standard InChI is InChI=1S/C10H15N3O4S/c1-3-18(16,17)7-8(2)12-10-5-4-9(6-11-10)13(14)15/h4-6,8H,3,7H2,1-2H3,(H,11,12). The zero-order valence-electron chi connectivity index (χ0n) is 10.2. The lowest BCUT2D eigenvalue weighted by Crippen LogP contribution is -2.27. The molecule has 8 heteroatoms. The van der Waals surface area contributed by atoms with Gasteiger partial charge in [0.2, 0.25) is 0 Å². The summed E-state index contributed by atoms with van der Waals surface area (Å²) in [6, 6.07) is 2.47. The first-order chi connectivity index (χ1) is 8.34. The highest BCUT2D eigenvalue weighted by atomic mass is 32.2. The summed E-state index contributed by atoms with van der Waals surface area (Å²) in [5.41, 5.74) is -0.102. The summed E-state index contributed by atoms with van der Waals surface area (Å²) in [5, 5.41) is 13.3. The van der Waals surface area contributed by atoms with E-state index >= 15 is 0 Å². The first-order valence-electron chi connectivity index (χ1n) is 5.41. The van der Waals surface area contributed by atoms with Crippen LogP contribution in [0.15, 0.2) is 18.3 Å². The molecule has 0 amide bonds. The van der Waals surface area contributed by atoms with E-state index in [2.05, 4.69) is 10.3 Å². The van der Waals surface area contributed by atoms with Crippen LogP contribution in [-0.4, -0.2) is 35.9 Å². The molecule has 0 bridgehead atoms. The Morgan fingerprint density at radius 1 is 1.50 bits per heavy atom. The predicted octanol–water partition coefficient (Wildman–Crippen LogP) is 1.22. The molecule has 1 rings (SSSR count). The Balaban J connectivity index is 2.65. The van der Waals surface area contributed by atoms with Crippen molar-refractivity contribution in [2.75, 3.05) is 16.8 Å². The largest absolute Gasteiger partial charge is 0.367 e. The van der Waals surface area contributed by atoms with Crippen molar-refractivity contribution in [3.05, 3.63) is 28.4 Å². The summed E-state index contributed by atoms with van der Waals surface area (Å²) in [6.07, 6.45) is 1.13. The first kappa shape index (κ1) is 14.4. The highest BCUT2D eigenvalue weighted by molar-refractivity contribution is 7.91. The fourth-order valence-electron chi connectivity index (χ4n) is 1.37. The van der Waals surface area contributed by atoms with Crippen LogP contribution in [0.5, 0.6) is 0 Å². The number of nitrogens with one attached hydrogen (secondary N) is 1. The molecule has 0 spiro atoms. The molecule has 0 radical (unpaired) electrons. The Labute approximate surface area is 105 Å². The normalized spacial score (nSPS) is 13.0. The van der Waals surface area contributed by atoms with Gasteiger partial charge in [0.25, 0.3) is 5.69 Å². The van der Waals surface area contributed by atoms with E-state index in [4.69, 9.17) is 0 Å². The number of nitrogens with zero attached hydrogens (tertiary/aromatic N) is 2. The molecule has 18 heavy (non-hydrogen) atoms. The molecular weight excluding hydrogens is 258 g/mol. The summed E-state index contributed by atoms with van der Waals surface area (Å²) >= 11 is 0. The maximum Gasteiger partial charge on any atom is 0.287 e. The maximum atomic E-state index is 11.4. The fourth-order valence-corrected chi connectivity index (χ4v) is 2.45. The second-order valence-corrected chi connectivity index (χ2v) is 6.30. The molecule has 1 heterocycles. The van der Waals surface area contributed by atoms with Gasteiger partial charge >= 0.3 is 0 Å². The number of sulfone groups is 1. The number of pyridine rings is 1. The third-order valence-electron chi connectivity index (χ3n) is 2.30. The Hall–Kier alpha value is -1.70. The molecule has 1 aromatic rings. The molecule has 0 saturated heterocycles. The van der Waals surface area contributed by atoms with Crippen LogP contribution in [0.25, 0.3) is 0 Å². The van der Waals surface area contributed by atoms with Gasteiger partial charge in [-0.15, -0.1) is 0 Å². The van der Waals surface area contributed by atoms with E-state index in [1.165, 1.54) is 12.1 Å². The van der Waals surface area contributed by atoms with Crippen LogP contribution in [0.4, 0.5) is 11.5 Å². The highest BCUT2D eigenvalue weighted by Crippen LogP contribution is 2.12. The summed E-state index contributed by atoms with van der Waals surface area (Å²) in [6.45, 7) is 3.31. The van der Waals surface area contributed by atoms with Gasteiger partial charge in [-0.1, -0.05) is 6.92 Å². The molecule has 100 valence electrons. The number of rotatable bonds is 6. The van der Waals surface area contributed by atoms with Crippen molar-refractivity contribution in [2.24, 2.45) is 0 Å². The van der Waals surface area contributed by atoms with Crippen LogP contribution in [0.2, 0.25) is 0 Å². The summed E-state index contributed by atoms with van der Waals surface area (Å²) in [7, 11) is -3.06. The molecule has 1 aromatic heterocycles. The van der Waals surface area contributed by atoms with Gasteiger partial charge in [0.15, 0.2) is 9.84 Å². The zero-order valence-corrected chi connectivity index (χ0v) is 11.0. The van der Waals surface area contributed by atoms with Gasteiger partial charge in [0.1, 0.15) is 12.0 Å². The van der Waals surface area contributed by atoms with Crippen LogP contribution in [0.1, 0.15) is 13.8 Å². The maximum absolute atomic E-state index is 11.4. The van der Waals surface area contributed by atoms with E-state index in [1.807, 2.05) is 0 Å². The van der Waals surface area contributed by atoms with Crippen LogP contribution in [0.3, 0.4) is 0 Å². The van der Waals surface area contributed by atoms with Crippen molar-refractivity contribution in [3.8, 4) is 0 Å². The molecule has 0 fully saturated rings. The predicted molar refractivity (Wildman–Crippen MR) is 68.3 cm³/mol. The molecule has 0 aliphatic heterocycles. The minimum absolute atomic E-state index is 0.00215. The fraction of sp³-hybridized carbons (Fsp3) is 0.500. The topological polar surface area (TPSA) is 102 Å². The third-order valence-corrected chi connectivity index (χ3v) is 4.18. The molecule has 0 aromatic carbocycles. The molecule has 1 N–H and O–H groups in total. The second kappa shape index (κ2) is 5.76. The summed E-state index contributed by atoms with van der Waals surface area (Å²) < 4.78 is 22.8. The SMILES string of the molecule is CCS(=O)(=O)CC(C)Nc1ccc([N+](=O)[O-])cn1. The van der Waals surface area contributed by atoms with Gasteiger partial charge in [-0.3, -0.25) is 10.1 Å². The smallest absolute Gasteiger partial charge is 0.287 e. The van der Waals surface area contributed by atoms with E-state index in [9.17, 15) is 18.5 Å². The van der Waals surface area contributed by atoms with Crippen molar-refractivity contribution in [1.82, 2.24) is 4.98 Å². The summed E-state index contributed by atoms with van der Waals surface area (Å²) in [4.78, 5) is 13.7. The Kier molecular flexibility index (Phi) is 4.60. The number of hydrogen-bond acceptors (Lipinski definition) is 6. The van der Waals surface area contributed by atoms with Crippen molar-refractivity contribution in [2.45, 2.75) is 19.9 Å². The van der Waals surface area contributed by atoms with Crippen LogP contribution in [0, 0.1) is 10.1 Å². The van der Waals surface area contributed by atoms with E-state index in [1.54, 1.807) is 13.8 Å². The van der Waals surface area contributed by atoms with Crippen LogP contribution < -0.4 is 5.32 Å².